The Morgan fingerprint density at radius 2 is 2.13 bits per heavy atom. The van der Waals surface area contributed by atoms with Crippen molar-refractivity contribution in [3.63, 3.8) is 0 Å². The van der Waals surface area contributed by atoms with Crippen LogP contribution in [0.1, 0.15) is 0 Å². The summed E-state index contributed by atoms with van der Waals surface area (Å²) in [6, 6.07) is 3.75. The molecule has 2 aromatic rings. The highest BCUT2D eigenvalue weighted by Crippen LogP contribution is 2.11. The van der Waals surface area contributed by atoms with Crippen LogP contribution >= 0.6 is 15.9 Å². The Balaban J connectivity index is 2.26. The molecule has 0 spiro atoms. The van der Waals surface area contributed by atoms with E-state index in [1.165, 1.54) is 0 Å². The lowest BCUT2D eigenvalue weighted by atomic mass is 10.4. The fraction of sp³-hybridized carbons (Fsp3) is 0.100. The smallest absolute Gasteiger partial charge is 0.180 e. The monoisotopic (exact) mass is 264 g/mol. The van der Waals surface area contributed by atoms with Crippen LogP contribution < -0.4 is 5.32 Å². The van der Waals surface area contributed by atoms with Crippen LogP contribution in [0.25, 0.3) is 11.2 Å². The fourth-order valence-electron chi connectivity index (χ4n) is 1.14. The van der Waals surface area contributed by atoms with Gasteiger partial charge in [-0.25, -0.2) is 9.97 Å². The lowest BCUT2D eigenvalue weighted by Crippen LogP contribution is -2.02. The number of fused-ring (bicyclic) bond motifs is 1. The Bertz CT molecular complexity index is 498. The highest BCUT2D eigenvalue weighted by Gasteiger charge is 1.98. The fourth-order valence-corrected chi connectivity index (χ4v) is 1.28. The molecule has 0 aliphatic carbocycles. The molecule has 0 radical (unpaired) electrons. The molecule has 0 bridgehead atoms. The maximum Gasteiger partial charge on any atom is 0.180 e. The van der Waals surface area contributed by atoms with Gasteiger partial charge in [-0.2, -0.15) is 0 Å². The second kappa shape index (κ2) is 4.35. The molecule has 2 heterocycles. The highest BCUT2D eigenvalue weighted by atomic mass is 79.9. The molecule has 0 saturated carbocycles. The third-order valence-corrected chi connectivity index (χ3v) is 2.07. The van der Waals surface area contributed by atoms with Crippen molar-refractivity contribution in [2.45, 2.75) is 0 Å². The number of halogens is 1. The Morgan fingerprint density at radius 1 is 1.33 bits per heavy atom. The van der Waals surface area contributed by atoms with E-state index in [2.05, 4.69) is 42.8 Å². The summed E-state index contributed by atoms with van der Waals surface area (Å²) in [5.41, 5.74) is 1.43. The van der Waals surface area contributed by atoms with E-state index in [4.69, 9.17) is 0 Å². The van der Waals surface area contributed by atoms with Crippen molar-refractivity contribution in [1.82, 2.24) is 15.0 Å². The Morgan fingerprint density at radius 3 is 2.93 bits per heavy atom. The normalized spacial score (nSPS) is 10.2. The van der Waals surface area contributed by atoms with Gasteiger partial charge in [0.25, 0.3) is 0 Å². The van der Waals surface area contributed by atoms with E-state index in [0.717, 1.165) is 15.8 Å². The van der Waals surface area contributed by atoms with Crippen LogP contribution in [-0.2, 0) is 0 Å². The molecule has 0 aliphatic rings. The van der Waals surface area contributed by atoms with E-state index >= 15 is 0 Å². The van der Waals surface area contributed by atoms with E-state index in [1.807, 2.05) is 12.1 Å². The topological polar surface area (TPSA) is 50.7 Å². The molecule has 5 heteroatoms. The van der Waals surface area contributed by atoms with Crippen molar-refractivity contribution >= 4 is 32.9 Å². The van der Waals surface area contributed by atoms with Crippen LogP contribution in [0.4, 0.5) is 5.82 Å². The van der Waals surface area contributed by atoms with Crippen molar-refractivity contribution in [2.24, 2.45) is 0 Å². The number of rotatable bonds is 3. The maximum atomic E-state index is 4.30. The Hall–Kier alpha value is -1.49. The van der Waals surface area contributed by atoms with Gasteiger partial charge < -0.3 is 5.32 Å². The van der Waals surface area contributed by atoms with Crippen LogP contribution in [0.5, 0.6) is 0 Å². The number of pyridine rings is 1. The number of hydrogen-bond acceptors (Lipinski definition) is 4. The molecule has 2 rings (SSSR count). The number of hydrogen-bond donors (Lipinski definition) is 1. The zero-order valence-electron chi connectivity index (χ0n) is 7.94. The van der Waals surface area contributed by atoms with Gasteiger partial charge >= 0.3 is 0 Å². The highest BCUT2D eigenvalue weighted by molar-refractivity contribution is 9.11. The van der Waals surface area contributed by atoms with Gasteiger partial charge in [0.05, 0.1) is 0 Å². The summed E-state index contributed by atoms with van der Waals surface area (Å²) in [5.74, 6) is 0.767. The number of nitrogens with zero attached hydrogens (tertiary/aromatic N) is 3. The van der Waals surface area contributed by atoms with Crippen molar-refractivity contribution in [3.8, 4) is 0 Å². The molecule has 0 atom stereocenters. The first kappa shape index (κ1) is 10.0. The Labute approximate surface area is 95.6 Å². The van der Waals surface area contributed by atoms with Gasteiger partial charge in [0.2, 0.25) is 0 Å². The molecule has 15 heavy (non-hydrogen) atoms. The number of nitrogens with one attached hydrogen (secondary N) is 1. The lowest BCUT2D eigenvalue weighted by molar-refractivity contribution is 1.19. The average Bonchev–Trinajstić information content (AvgIpc) is 2.26. The predicted molar refractivity (Wildman–Crippen MR) is 63.9 cm³/mol. The predicted octanol–water partition coefficient (Wildman–Crippen LogP) is 2.35. The zero-order chi connectivity index (χ0) is 10.7. The third-order valence-electron chi connectivity index (χ3n) is 1.79. The molecule has 0 saturated heterocycles. The lowest BCUT2D eigenvalue weighted by Gasteiger charge is -2.04. The molecule has 0 fully saturated rings. The number of aromatic nitrogens is 3. The summed E-state index contributed by atoms with van der Waals surface area (Å²) in [4.78, 5) is 12.6. The Kier molecular flexibility index (Phi) is 2.91. The van der Waals surface area contributed by atoms with Crippen LogP contribution in [0.3, 0.4) is 0 Å². The quantitative estimate of drug-likeness (QED) is 0.925. The molecule has 0 aliphatic heterocycles. The van der Waals surface area contributed by atoms with E-state index in [-0.39, 0.29) is 0 Å². The second-order valence-electron chi connectivity index (χ2n) is 2.97. The number of anilines is 1. The minimum absolute atomic E-state index is 0.638. The van der Waals surface area contributed by atoms with E-state index < -0.39 is 0 Å². The van der Waals surface area contributed by atoms with Crippen molar-refractivity contribution in [3.05, 3.63) is 35.6 Å². The second-order valence-corrected chi connectivity index (χ2v) is 4.09. The SMILES string of the molecule is C=C(Br)CNc1ccc2nccnc2n1. The van der Waals surface area contributed by atoms with Crippen molar-refractivity contribution < 1.29 is 0 Å². The first-order valence-electron chi connectivity index (χ1n) is 4.40. The average molecular weight is 265 g/mol. The summed E-state index contributed by atoms with van der Waals surface area (Å²) in [6.45, 7) is 4.37. The van der Waals surface area contributed by atoms with Crippen LogP contribution in [0.2, 0.25) is 0 Å². The van der Waals surface area contributed by atoms with Crippen molar-refractivity contribution in [1.29, 1.82) is 0 Å². The van der Waals surface area contributed by atoms with Crippen molar-refractivity contribution in [2.75, 3.05) is 11.9 Å². The summed E-state index contributed by atoms with van der Waals surface area (Å²) in [7, 11) is 0. The first-order valence-corrected chi connectivity index (χ1v) is 5.20. The largest absolute Gasteiger partial charge is 0.365 e. The molecular formula is C10H9BrN4. The van der Waals surface area contributed by atoms with Gasteiger partial charge in [-0.05, 0) is 12.1 Å². The standard InChI is InChI=1S/C10H9BrN4/c1-7(11)6-14-9-3-2-8-10(15-9)13-5-4-12-8/h2-5H,1,6H2,(H,13,14,15). The molecular weight excluding hydrogens is 256 g/mol. The molecule has 76 valence electrons. The molecule has 2 aromatic heterocycles. The van der Waals surface area contributed by atoms with Crippen LogP contribution in [0, 0.1) is 0 Å². The minimum atomic E-state index is 0.638. The molecule has 4 nitrogen and oxygen atoms in total. The van der Waals surface area contributed by atoms with Crippen LogP contribution in [-0.4, -0.2) is 21.5 Å². The molecule has 0 unspecified atom stereocenters. The first-order chi connectivity index (χ1) is 7.25. The summed E-state index contributed by atoms with van der Waals surface area (Å²) < 4.78 is 0.878. The van der Waals surface area contributed by atoms with Gasteiger partial charge in [-0.3, -0.25) is 4.98 Å². The summed E-state index contributed by atoms with van der Waals surface area (Å²) in [5, 5.41) is 3.11. The van der Waals surface area contributed by atoms with Crippen LogP contribution in [0.15, 0.2) is 35.6 Å². The molecule has 1 N–H and O–H groups in total. The van der Waals surface area contributed by atoms with Gasteiger partial charge in [-0.1, -0.05) is 22.5 Å². The minimum Gasteiger partial charge on any atom is -0.365 e. The molecule has 0 aromatic carbocycles. The van der Waals surface area contributed by atoms with Gasteiger partial charge in [0.15, 0.2) is 5.65 Å². The zero-order valence-corrected chi connectivity index (χ0v) is 9.53. The van der Waals surface area contributed by atoms with Gasteiger partial charge in [0, 0.05) is 23.4 Å². The summed E-state index contributed by atoms with van der Waals surface area (Å²) in [6.07, 6.45) is 3.28. The third kappa shape index (κ3) is 2.50. The van der Waals surface area contributed by atoms with E-state index in [0.29, 0.717) is 12.2 Å². The van der Waals surface area contributed by atoms with E-state index in [9.17, 15) is 0 Å². The summed E-state index contributed by atoms with van der Waals surface area (Å²) >= 11 is 3.27. The van der Waals surface area contributed by atoms with Gasteiger partial charge in [-0.15, -0.1) is 0 Å². The molecule has 0 amide bonds. The van der Waals surface area contributed by atoms with Gasteiger partial charge in [0.1, 0.15) is 11.3 Å². The maximum absolute atomic E-state index is 4.30. The van der Waals surface area contributed by atoms with E-state index in [1.54, 1.807) is 12.4 Å².